The van der Waals surface area contributed by atoms with E-state index in [4.69, 9.17) is 24.4 Å². The highest BCUT2D eigenvalue weighted by molar-refractivity contribution is 6.16. The molecule has 3 heterocycles. The molecule has 0 amide bonds. The largest absolute Gasteiger partial charge is 0.456 e. The van der Waals surface area contributed by atoms with Crippen molar-refractivity contribution in [1.29, 1.82) is 0 Å². The highest BCUT2D eigenvalue weighted by atomic mass is 16.3. The first kappa shape index (κ1) is 42.2. The molecule has 0 saturated carbocycles. The molecule has 0 radical (unpaired) electrons. The Bertz CT molecular complexity index is 3550. The van der Waals surface area contributed by atoms with Gasteiger partial charge >= 0.3 is 0 Å². The van der Waals surface area contributed by atoms with Crippen molar-refractivity contribution in [2.24, 2.45) is 20.0 Å². The minimum Gasteiger partial charge on any atom is -0.456 e. The van der Waals surface area contributed by atoms with Gasteiger partial charge in [-0.25, -0.2) is 15.0 Å². The van der Waals surface area contributed by atoms with Crippen molar-refractivity contribution in [2.75, 3.05) is 0 Å². The summed E-state index contributed by atoms with van der Waals surface area (Å²) in [7, 11) is 0. The van der Waals surface area contributed by atoms with E-state index in [1.54, 1.807) is 0 Å². The highest BCUT2D eigenvalue weighted by Gasteiger charge is 2.18. The Morgan fingerprint density at radius 1 is 0.597 bits per heavy atom. The van der Waals surface area contributed by atoms with Crippen LogP contribution in [-0.4, -0.2) is 23.0 Å². The van der Waals surface area contributed by atoms with Crippen LogP contribution in [-0.2, 0) is 0 Å². The number of aliphatic imine (C=N–C) groups is 4. The molecule has 2 aliphatic heterocycles. The molecule has 6 aromatic carbocycles. The van der Waals surface area contributed by atoms with Gasteiger partial charge in [-0.05, 0) is 91.1 Å². The van der Waals surface area contributed by atoms with Gasteiger partial charge in [0, 0.05) is 56.3 Å². The normalized spacial score (nSPS) is 20.5. The highest BCUT2D eigenvalue weighted by Crippen LogP contribution is 2.36. The summed E-state index contributed by atoms with van der Waals surface area (Å²) in [6.07, 6.45) is 16.6. The second-order valence-corrected chi connectivity index (χ2v) is 16.6. The van der Waals surface area contributed by atoms with Crippen molar-refractivity contribution in [3.05, 3.63) is 268 Å². The van der Waals surface area contributed by atoms with E-state index in [0.29, 0.717) is 18.0 Å². The van der Waals surface area contributed by atoms with Crippen LogP contribution < -0.4 is 0 Å². The van der Waals surface area contributed by atoms with Crippen molar-refractivity contribution in [3.8, 4) is 0 Å². The third-order valence-corrected chi connectivity index (χ3v) is 12.0. The molecule has 320 valence electrons. The van der Waals surface area contributed by atoms with Gasteiger partial charge < -0.3 is 4.42 Å². The third kappa shape index (κ3) is 9.02. The fourth-order valence-corrected chi connectivity index (χ4v) is 8.46. The SMILES string of the molecule is C=C1\C=C/C=C\C(C)=N\C(c2ccccc2)=C/1c1ccc(/C2=N/C(c3ccc4c(c3)oc3ccccc34)=N\C(c3ccc(/C(C)=C(/N=C4/C=CC=C=C4C)c4ccccc4)cc3)=C=CC2)cc1. The number of rotatable bonds is 8. The van der Waals surface area contributed by atoms with Crippen LogP contribution in [0.25, 0.3) is 50.2 Å². The molecule has 0 N–H and O–H groups in total. The zero-order valence-electron chi connectivity index (χ0n) is 37.7. The van der Waals surface area contributed by atoms with E-state index in [-0.39, 0.29) is 0 Å². The molecule has 1 aliphatic carbocycles. The summed E-state index contributed by atoms with van der Waals surface area (Å²) >= 11 is 0. The van der Waals surface area contributed by atoms with Gasteiger partial charge in [-0.15, -0.1) is 5.73 Å². The van der Waals surface area contributed by atoms with Gasteiger partial charge in [-0.2, -0.15) is 0 Å². The molecule has 1 aromatic heterocycles. The van der Waals surface area contributed by atoms with E-state index in [9.17, 15) is 0 Å². The van der Waals surface area contributed by atoms with Crippen LogP contribution in [0.1, 0.15) is 66.1 Å². The maximum atomic E-state index is 6.37. The molecule has 5 heteroatoms. The van der Waals surface area contributed by atoms with Crippen LogP contribution in [0.5, 0.6) is 0 Å². The summed E-state index contributed by atoms with van der Waals surface area (Å²) in [4.78, 5) is 21.0. The molecule has 10 rings (SSSR count). The van der Waals surface area contributed by atoms with Crippen molar-refractivity contribution >= 4 is 73.1 Å². The second kappa shape index (κ2) is 18.8. The molecule has 0 atom stereocenters. The fraction of sp³-hybridized carbons (Fsp3) is 0.0645. The molecule has 0 unspecified atom stereocenters. The van der Waals surface area contributed by atoms with Gasteiger partial charge in [0.15, 0.2) is 5.84 Å². The third-order valence-electron chi connectivity index (χ3n) is 12.0. The number of fused-ring (bicyclic) bond motifs is 3. The number of nitrogens with zero attached hydrogens (tertiary/aromatic N) is 4. The van der Waals surface area contributed by atoms with E-state index < -0.39 is 0 Å². The Morgan fingerprint density at radius 3 is 2.07 bits per heavy atom. The Balaban J connectivity index is 1.05. The zero-order valence-corrected chi connectivity index (χ0v) is 37.7. The lowest BCUT2D eigenvalue weighted by atomic mass is 9.92. The Hall–Kier alpha value is -8.72. The lowest BCUT2D eigenvalue weighted by molar-refractivity contribution is 0.669. The molecule has 3 aliphatic rings. The summed E-state index contributed by atoms with van der Waals surface area (Å²) in [6, 6.07) is 52.0. The minimum absolute atomic E-state index is 0.537. The number of benzene rings is 6. The summed E-state index contributed by atoms with van der Waals surface area (Å²) in [5.41, 5.74) is 24.4. The lowest BCUT2D eigenvalue weighted by Gasteiger charge is -2.15. The standard InChI is InChI=1S/C62H46N4O/c1-41-18-12-15-26-54(41)64-60(49-21-7-5-8-22-49)44(4)45-30-32-46(33-31-45)55-27-17-28-56(66-62(65-55)51-38-39-53-52-25-14-16-29-57(52)67-58(53)40-51)47-34-36-48(37-35-47)59-42(2)19-11-13-20-43(3)63-61(59)50-23-9-6-10-24-50/h5-17,19-26,29-40H,2,28H2,1,3-4H3/b19-11-,20-13-,60-44+,61-59+,63-43+,64-54-,65-62-,66-56+. The van der Waals surface area contributed by atoms with Crippen molar-refractivity contribution in [1.82, 2.24) is 0 Å². The number of hydrogen-bond acceptors (Lipinski definition) is 5. The molecule has 5 nitrogen and oxygen atoms in total. The number of para-hydroxylation sites is 1. The summed E-state index contributed by atoms with van der Waals surface area (Å²) in [5, 5.41) is 2.12. The zero-order chi connectivity index (χ0) is 45.7. The van der Waals surface area contributed by atoms with Crippen molar-refractivity contribution in [2.45, 2.75) is 27.2 Å². The molecular formula is C62H46N4O. The van der Waals surface area contributed by atoms with Crippen molar-refractivity contribution in [3.63, 3.8) is 0 Å². The van der Waals surface area contributed by atoms with Crippen molar-refractivity contribution < 1.29 is 4.42 Å². The molecule has 0 spiro atoms. The Morgan fingerprint density at radius 2 is 1.28 bits per heavy atom. The van der Waals surface area contributed by atoms with Crippen LogP contribution in [0.3, 0.4) is 0 Å². The quantitative estimate of drug-likeness (QED) is 0.111. The number of allylic oxidation sites excluding steroid dienone is 11. The predicted molar refractivity (Wildman–Crippen MR) is 282 cm³/mol. The first-order valence-electron chi connectivity index (χ1n) is 22.5. The second-order valence-electron chi connectivity index (χ2n) is 16.6. The molecule has 7 aromatic rings. The monoisotopic (exact) mass is 862 g/mol. The predicted octanol–water partition coefficient (Wildman–Crippen LogP) is 15.4. The summed E-state index contributed by atoms with van der Waals surface area (Å²) in [5.74, 6) is 0.568. The van der Waals surface area contributed by atoms with E-state index in [0.717, 1.165) is 112 Å². The summed E-state index contributed by atoms with van der Waals surface area (Å²) in [6.45, 7) is 10.7. The number of furan rings is 1. The van der Waals surface area contributed by atoms with Gasteiger partial charge in [0.2, 0.25) is 0 Å². The smallest absolute Gasteiger partial charge is 0.160 e. The molecule has 0 fully saturated rings. The first-order chi connectivity index (χ1) is 32.9. The number of hydrogen-bond donors (Lipinski definition) is 0. The molecule has 67 heavy (non-hydrogen) atoms. The van der Waals surface area contributed by atoms with Crippen LogP contribution in [0.2, 0.25) is 0 Å². The topological polar surface area (TPSA) is 62.6 Å². The van der Waals surface area contributed by atoms with Gasteiger partial charge in [-0.3, -0.25) is 4.99 Å². The van der Waals surface area contributed by atoms with Crippen LogP contribution >= 0.6 is 0 Å². The average Bonchev–Trinajstić information content (AvgIpc) is 3.76. The minimum atomic E-state index is 0.537. The van der Waals surface area contributed by atoms with Gasteiger partial charge in [-0.1, -0.05) is 170 Å². The fourth-order valence-electron chi connectivity index (χ4n) is 8.46. The molecule has 0 saturated heterocycles. The van der Waals surface area contributed by atoms with E-state index in [2.05, 4.69) is 116 Å². The summed E-state index contributed by atoms with van der Waals surface area (Å²) < 4.78 is 6.37. The van der Waals surface area contributed by atoms with Gasteiger partial charge in [0.25, 0.3) is 0 Å². The Kier molecular flexibility index (Phi) is 11.8. The van der Waals surface area contributed by atoms with Gasteiger partial charge in [0.05, 0.1) is 22.8 Å². The van der Waals surface area contributed by atoms with Crippen LogP contribution in [0.15, 0.2) is 254 Å². The molecule has 0 bridgehead atoms. The Labute approximate surface area is 391 Å². The maximum absolute atomic E-state index is 6.37. The number of amidine groups is 1. The first-order valence-corrected chi connectivity index (χ1v) is 22.5. The average molecular weight is 863 g/mol. The molecular weight excluding hydrogens is 817 g/mol. The maximum Gasteiger partial charge on any atom is 0.160 e. The van der Waals surface area contributed by atoms with E-state index in [1.807, 2.05) is 123 Å². The lowest BCUT2D eigenvalue weighted by Crippen LogP contribution is -2.08. The van der Waals surface area contributed by atoms with E-state index in [1.165, 1.54) is 0 Å². The van der Waals surface area contributed by atoms with E-state index >= 15 is 0 Å². The van der Waals surface area contributed by atoms with Crippen LogP contribution in [0.4, 0.5) is 0 Å². The van der Waals surface area contributed by atoms with Crippen LogP contribution in [0, 0.1) is 0 Å². The van der Waals surface area contributed by atoms with Gasteiger partial charge in [0.1, 0.15) is 16.9 Å².